The van der Waals surface area contributed by atoms with E-state index in [1.165, 1.54) is 0 Å². The molecular formula is C16H16BrClFNO. The van der Waals surface area contributed by atoms with Crippen molar-refractivity contribution in [2.75, 3.05) is 13.7 Å². The van der Waals surface area contributed by atoms with Gasteiger partial charge in [-0.05, 0) is 46.2 Å². The molecule has 0 aliphatic carbocycles. The van der Waals surface area contributed by atoms with Gasteiger partial charge in [-0.1, -0.05) is 36.7 Å². The fourth-order valence-corrected chi connectivity index (χ4v) is 2.96. The van der Waals surface area contributed by atoms with Crippen molar-refractivity contribution in [3.63, 3.8) is 0 Å². The van der Waals surface area contributed by atoms with E-state index in [1.54, 1.807) is 25.3 Å². The third-order valence-corrected chi connectivity index (χ3v) is 4.12. The van der Waals surface area contributed by atoms with E-state index < -0.39 is 5.82 Å². The van der Waals surface area contributed by atoms with Gasteiger partial charge in [0, 0.05) is 5.56 Å². The molecule has 2 aromatic carbocycles. The van der Waals surface area contributed by atoms with Crippen molar-refractivity contribution in [3.8, 4) is 5.75 Å². The molecule has 0 radical (unpaired) electrons. The highest BCUT2D eigenvalue weighted by Crippen LogP contribution is 2.32. The second-order valence-corrected chi connectivity index (χ2v) is 5.79. The molecule has 0 saturated carbocycles. The fraction of sp³-hybridized carbons (Fsp3) is 0.250. The molecule has 0 heterocycles. The summed E-state index contributed by atoms with van der Waals surface area (Å²) >= 11 is 9.35. The molecule has 2 aromatic rings. The number of hydrogen-bond donors (Lipinski definition) is 1. The quantitative estimate of drug-likeness (QED) is 0.802. The molecule has 1 unspecified atom stereocenters. The average Bonchev–Trinajstić information content (AvgIpc) is 2.48. The van der Waals surface area contributed by atoms with E-state index in [0.29, 0.717) is 12.1 Å². The minimum Gasteiger partial charge on any atom is -0.496 e. The van der Waals surface area contributed by atoms with Crippen LogP contribution in [0.3, 0.4) is 0 Å². The number of halogens is 3. The zero-order valence-electron chi connectivity index (χ0n) is 11.8. The lowest BCUT2D eigenvalue weighted by Gasteiger charge is -2.20. The van der Waals surface area contributed by atoms with Gasteiger partial charge in [-0.3, -0.25) is 0 Å². The maximum absolute atomic E-state index is 14.3. The van der Waals surface area contributed by atoms with Gasteiger partial charge in [0.25, 0.3) is 0 Å². The molecule has 2 rings (SSSR count). The van der Waals surface area contributed by atoms with Crippen molar-refractivity contribution in [1.29, 1.82) is 0 Å². The summed E-state index contributed by atoms with van der Waals surface area (Å²) in [6, 6.07) is 10.5. The van der Waals surface area contributed by atoms with Crippen LogP contribution in [0.5, 0.6) is 5.75 Å². The molecule has 0 amide bonds. The van der Waals surface area contributed by atoms with Crippen molar-refractivity contribution in [3.05, 3.63) is 62.8 Å². The molecule has 0 aliphatic heterocycles. The van der Waals surface area contributed by atoms with Crippen LogP contribution in [0.1, 0.15) is 24.1 Å². The lowest BCUT2D eigenvalue weighted by Crippen LogP contribution is -2.23. The van der Waals surface area contributed by atoms with Crippen molar-refractivity contribution in [2.45, 2.75) is 13.0 Å². The van der Waals surface area contributed by atoms with Gasteiger partial charge in [0.05, 0.1) is 22.6 Å². The van der Waals surface area contributed by atoms with Crippen LogP contribution in [0.4, 0.5) is 4.39 Å². The molecule has 112 valence electrons. The minimum absolute atomic E-state index is 0.128. The molecule has 0 spiro atoms. The van der Waals surface area contributed by atoms with E-state index in [2.05, 4.69) is 21.2 Å². The molecule has 21 heavy (non-hydrogen) atoms. The maximum Gasteiger partial charge on any atom is 0.146 e. The Morgan fingerprint density at radius 2 is 2.10 bits per heavy atom. The molecule has 0 bridgehead atoms. The van der Waals surface area contributed by atoms with E-state index in [4.69, 9.17) is 16.3 Å². The summed E-state index contributed by atoms with van der Waals surface area (Å²) in [5.74, 6) is 0.345. The Morgan fingerprint density at radius 1 is 1.33 bits per heavy atom. The molecule has 1 atom stereocenters. The van der Waals surface area contributed by atoms with Crippen LogP contribution in [0.25, 0.3) is 0 Å². The third-order valence-electron chi connectivity index (χ3n) is 3.21. The topological polar surface area (TPSA) is 21.3 Å². The summed E-state index contributed by atoms with van der Waals surface area (Å²) in [5, 5.41) is 3.42. The van der Waals surface area contributed by atoms with Gasteiger partial charge in [0.15, 0.2) is 0 Å². The standard InChI is InChI=1S/C16H16BrClFNO/c1-3-20-16(11-5-4-6-13(18)15(11)19)10-7-8-14(21-2)12(17)9-10/h4-9,16,20H,3H2,1-2H3. The van der Waals surface area contributed by atoms with Crippen LogP contribution >= 0.6 is 27.5 Å². The van der Waals surface area contributed by atoms with Gasteiger partial charge in [0.2, 0.25) is 0 Å². The zero-order chi connectivity index (χ0) is 15.4. The highest BCUT2D eigenvalue weighted by atomic mass is 79.9. The van der Waals surface area contributed by atoms with Crippen LogP contribution in [0.15, 0.2) is 40.9 Å². The summed E-state index contributed by atoms with van der Waals surface area (Å²) in [5.41, 5.74) is 1.46. The normalized spacial score (nSPS) is 12.2. The predicted molar refractivity (Wildman–Crippen MR) is 87.6 cm³/mol. The van der Waals surface area contributed by atoms with Gasteiger partial charge in [0.1, 0.15) is 11.6 Å². The van der Waals surface area contributed by atoms with Crippen LogP contribution in [-0.4, -0.2) is 13.7 Å². The minimum atomic E-state index is -0.392. The fourth-order valence-electron chi connectivity index (χ4n) is 2.22. The van der Waals surface area contributed by atoms with Crippen LogP contribution in [-0.2, 0) is 0 Å². The van der Waals surface area contributed by atoms with Crippen LogP contribution in [0, 0.1) is 5.82 Å². The van der Waals surface area contributed by atoms with E-state index >= 15 is 0 Å². The highest BCUT2D eigenvalue weighted by molar-refractivity contribution is 9.10. The van der Waals surface area contributed by atoms with Gasteiger partial charge in [-0.2, -0.15) is 0 Å². The summed E-state index contributed by atoms with van der Waals surface area (Å²) in [4.78, 5) is 0. The zero-order valence-corrected chi connectivity index (χ0v) is 14.1. The SMILES string of the molecule is CCNC(c1ccc(OC)c(Br)c1)c1cccc(Cl)c1F. The second-order valence-electron chi connectivity index (χ2n) is 4.53. The van der Waals surface area contributed by atoms with Crippen molar-refractivity contribution in [1.82, 2.24) is 5.32 Å². The first-order valence-corrected chi connectivity index (χ1v) is 7.76. The summed E-state index contributed by atoms with van der Waals surface area (Å²) in [6.45, 7) is 2.69. The first-order chi connectivity index (χ1) is 10.1. The Morgan fingerprint density at radius 3 is 2.71 bits per heavy atom. The number of rotatable bonds is 5. The summed E-state index contributed by atoms with van der Waals surface area (Å²) in [6.07, 6.45) is 0. The maximum atomic E-state index is 14.3. The Bertz CT molecular complexity index is 636. The van der Waals surface area contributed by atoms with E-state index in [0.717, 1.165) is 15.8 Å². The largest absolute Gasteiger partial charge is 0.496 e. The lowest BCUT2D eigenvalue weighted by molar-refractivity contribution is 0.411. The Hall–Kier alpha value is -1.10. The molecular weight excluding hydrogens is 357 g/mol. The first-order valence-electron chi connectivity index (χ1n) is 6.59. The predicted octanol–water partition coefficient (Wildman–Crippen LogP) is 4.95. The third kappa shape index (κ3) is 3.57. The molecule has 5 heteroatoms. The van der Waals surface area contributed by atoms with Gasteiger partial charge in [-0.25, -0.2) is 4.39 Å². The molecule has 0 fully saturated rings. The van der Waals surface area contributed by atoms with Crippen LogP contribution < -0.4 is 10.1 Å². The lowest BCUT2D eigenvalue weighted by atomic mass is 9.98. The Kier molecular flexibility index (Phi) is 5.62. The molecule has 1 N–H and O–H groups in total. The Balaban J connectivity index is 2.48. The van der Waals surface area contributed by atoms with Crippen molar-refractivity contribution < 1.29 is 9.13 Å². The summed E-state index contributed by atoms with van der Waals surface area (Å²) < 4.78 is 20.4. The van der Waals surface area contributed by atoms with Crippen molar-refractivity contribution >= 4 is 27.5 Å². The first kappa shape index (κ1) is 16.3. The van der Waals surface area contributed by atoms with E-state index in [1.807, 2.05) is 25.1 Å². The number of benzene rings is 2. The number of methoxy groups -OCH3 is 1. The van der Waals surface area contributed by atoms with Crippen molar-refractivity contribution in [2.24, 2.45) is 0 Å². The van der Waals surface area contributed by atoms with E-state index in [9.17, 15) is 4.39 Å². The second kappa shape index (κ2) is 7.25. The van der Waals surface area contributed by atoms with Crippen LogP contribution in [0.2, 0.25) is 5.02 Å². The monoisotopic (exact) mass is 371 g/mol. The molecule has 0 aromatic heterocycles. The number of ether oxygens (including phenoxy) is 1. The number of nitrogens with one attached hydrogen (secondary N) is 1. The molecule has 0 saturated heterocycles. The number of hydrogen-bond acceptors (Lipinski definition) is 2. The molecule has 0 aliphatic rings. The highest BCUT2D eigenvalue weighted by Gasteiger charge is 2.19. The summed E-state index contributed by atoms with van der Waals surface area (Å²) in [7, 11) is 1.61. The van der Waals surface area contributed by atoms with E-state index in [-0.39, 0.29) is 11.1 Å². The Labute approximate surface area is 137 Å². The van der Waals surface area contributed by atoms with Gasteiger partial charge in [-0.15, -0.1) is 0 Å². The average molecular weight is 373 g/mol. The molecule has 2 nitrogen and oxygen atoms in total. The van der Waals surface area contributed by atoms with Gasteiger partial charge >= 0.3 is 0 Å². The van der Waals surface area contributed by atoms with Gasteiger partial charge < -0.3 is 10.1 Å². The smallest absolute Gasteiger partial charge is 0.146 e.